The number of anilines is 2. The van der Waals surface area contributed by atoms with E-state index in [1.807, 2.05) is 19.1 Å². The molecule has 142 valence electrons. The minimum Gasteiger partial charge on any atom is -0.325 e. The van der Waals surface area contributed by atoms with Crippen molar-refractivity contribution in [3.63, 3.8) is 0 Å². The number of amides is 2. The van der Waals surface area contributed by atoms with Gasteiger partial charge in [-0.25, -0.2) is 0 Å². The summed E-state index contributed by atoms with van der Waals surface area (Å²) in [5.74, 6) is -0.405. The van der Waals surface area contributed by atoms with Crippen LogP contribution in [0.5, 0.6) is 0 Å². The molecule has 7 heteroatoms. The molecule has 0 aliphatic rings. The van der Waals surface area contributed by atoms with E-state index >= 15 is 0 Å². The number of hydrogen-bond acceptors (Lipinski definition) is 4. The highest BCUT2D eigenvalue weighted by Gasteiger charge is 2.15. The Morgan fingerprint density at radius 2 is 1.68 bits per heavy atom. The third kappa shape index (κ3) is 5.58. The first-order valence-electron chi connectivity index (χ1n) is 8.56. The lowest BCUT2D eigenvalue weighted by Crippen LogP contribution is -2.22. The number of nitrogens with one attached hydrogen (secondary N) is 2. The smallest absolute Gasteiger partial charge is 0.255 e. The Kier molecular flexibility index (Phi) is 6.68. The highest BCUT2D eigenvalue weighted by molar-refractivity contribution is 8.00. The molecule has 1 aromatic heterocycles. The van der Waals surface area contributed by atoms with Crippen LogP contribution in [-0.2, 0) is 4.79 Å². The van der Waals surface area contributed by atoms with E-state index in [-0.39, 0.29) is 17.1 Å². The molecule has 1 atom stereocenters. The van der Waals surface area contributed by atoms with Crippen molar-refractivity contribution in [2.24, 2.45) is 0 Å². The van der Waals surface area contributed by atoms with Gasteiger partial charge in [-0.1, -0.05) is 17.7 Å². The summed E-state index contributed by atoms with van der Waals surface area (Å²) in [6.07, 6.45) is 3.21. The lowest BCUT2D eigenvalue weighted by molar-refractivity contribution is -0.115. The van der Waals surface area contributed by atoms with Crippen molar-refractivity contribution < 1.29 is 9.59 Å². The van der Waals surface area contributed by atoms with Crippen LogP contribution in [0, 0.1) is 0 Å². The maximum atomic E-state index is 12.5. The van der Waals surface area contributed by atoms with Crippen molar-refractivity contribution >= 4 is 46.6 Å². The zero-order chi connectivity index (χ0) is 19.9. The normalized spacial score (nSPS) is 11.5. The lowest BCUT2D eigenvalue weighted by Gasteiger charge is -2.13. The van der Waals surface area contributed by atoms with Crippen LogP contribution in [0.15, 0.2) is 78.0 Å². The number of rotatable bonds is 6. The second kappa shape index (κ2) is 9.39. The standard InChI is InChI=1S/C21H18ClN3O2S/c1-14(28-19-7-5-16(22)6-8-19)20(26)25-18-4-2-3-15(13-18)21(27)24-17-9-11-23-12-10-17/h2-14H,1H3,(H,25,26)(H,23,24,27). The second-order valence-electron chi connectivity index (χ2n) is 5.97. The molecule has 0 spiro atoms. The van der Waals surface area contributed by atoms with Gasteiger partial charge in [0.05, 0.1) is 5.25 Å². The Labute approximate surface area is 172 Å². The van der Waals surface area contributed by atoms with Gasteiger partial charge in [0.1, 0.15) is 0 Å². The molecule has 0 radical (unpaired) electrons. The number of benzene rings is 2. The first-order valence-corrected chi connectivity index (χ1v) is 9.81. The molecule has 3 rings (SSSR count). The van der Waals surface area contributed by atoms with Gasteiger partial charge in [-0.3, -0.25) is 14.6 Å². The van der Waals surface area contributed by atoms with Crippen LogP contribution in [0.3, 0.4) is 0 Å². The van der Waals surface area contributed by atoms with Crippen molar-refractivity contribution in [3.05, 3.63) is 83.6 Å². The van der Waals surface area contributed by atoms with E-state index in [0.29, 0.717) is 22.0 Å². The number of nitrogens with zero attached hydrogens (tertiary/aromatic N) is 1. The van der Waals surface area contributed by atoms with E-state index in [1.54, 1.807) is 60.9 Å². The van der Waals surface area contributed by atoms with Gasteiger partial charge in [0.25, 0.3) is 5.91 Å². The number of pyridine rings is 1. The Balaban J connectivity index is 1.62. The predicted molar refractivity (Wildman–Crippen MR) is 114 cm³/mol. The number of hydrogen-bond donors (Lipinski definition) is 2. The van der Waals surface area contributed by atoms with Crippen molar-refractivity contribution in [1.82, 2.24) is 4.98 Å². The van der Waals surface area contributed by atoms with E-state index in [0.717, 1.165) is 4.90 Å². The molecule has 0 bridgehead atoms. The van der Waals surface area contributed by atoms with Gasteiger partial charge in [-0.15, -0.1) is 11.8 Å². The van der Waals surface area contributed by atoms with Crippen LogP contribution in [0.2, 0.25) is 5.02 Å². The van der Waals surface area contributed by atoms with Crippen LogP contribution in [0.4, 0.5) is 11.4 Å². The molecular weight excluding hydrogens is 394 g/mol. The highest BCUT2D eigenvalue weighted by Crippen LogP contribution is 2.25. The van der Waals surface area contributed by atoms with Gasteiger partial charge >= 0.3 is 0 Å². The van der Waals surface area contributed by atoms with Crippen LogP contribution < -0.4 is 10.6 Å². The van der Waals surface area contributed by atoms with Gasteiger partial charge < -0.3 is 10.6 Å². The number of carbonyl (C=O) groups is 2. The summed E-state index contributed by atoms with van der Waals surface area (Å²) in [7, 11) is 0. The first kappa shape index (κ1) is 19.9. The van der Waals surface area contributed by atoms with Crippen molar-refractivity contribution in [3.8, 4) is 0 Å². The molecule has 2 amide bonds. The van der Waals surface area contributed by atoms with Gasteiger partial charge in [0.15, 0.2) is 0 Å². The molecule has 2 N–H and O–H groups in total. The zero-order valence-corrected chi connectivity index (χ0v) is 16.6. The predicted octanol–water partition coefficient (Wildman–Crippen LogP) is 5.11. The molecule has 2 aromatic carbocycles. The van der Waals surface area contributed by atoms with Gasteiger partial charge in [0.2, 0.25) is 5.91 Å². The third-order valence-corrected chi connectivity index (χ3v) is 5.19. The van der Waals surface area contributed by atoms with Gasteiger partial charge in [-0.05, 0) is 61.5 Å². The monoisotopic (exact) mass is 411 g/mol. The topological polar surface area (TPSA) is 71.1 Å². The summed E-state index contributed by atoms with van der Waals surface area (Å²) >= 11 is 7.32. The first-order chi connectivity index (χ1) is 13.5. The molecule has 0 saturated carbocycles. The minimum absolute atomic E-state index is 0.147. The molecule has 0 aliphatic heterocycles. The van der Waals surface area contributed by atoms with E-state index in [4.69, 9.17) is 11.6 Å². The number of aromatic nitrogens is 1. The number of thioether (sulfide) groups is 1. The Bertz CT molecular complexity index is 965. The van der Waals surface area contributed by atoms with E-state index < -0.39 is 0 Å². The maximum absolute atomic E-state index is 12.5. The van der Waals surface area contributed by atoms with E-state index in [2.05, 4.69) is 15.6 Å². The average molecular weight is 412 g/mol. The SMILES string of the molecule is CC(Sc1ccc(Cl)cc1)C(=O)Nc1cccc(C(=O)Nc2ccncc2)c1. The second-order valence-corrected chi connectivity index (χ2v) is 7.82. The molecule has 1 unspecified atom stereocenters. The van der Waals surface area contributed by atoms with Crippen molar-refractivity contribution in [2.75, 3.05) is 10.6 Å². The summed E-state index contributed by atoms with van der Waals surface area (Å²) in [6, 6.07) is 17.6. The number of carbonyl (C=O) groups excluding carboxylic acids is 2. The van der Waals surface area contributed by atoms with E-state index in [1.165, 1.54) is 11.8 Å². The summed E-state index contributed by atoms with van der Waals surface area (Å²) in [6.45, 7) is 1.83. The summed E-state index contributed by atoms with van der Waals surface area (Å²) in [4.78, 5) is 29.8. The number of halogens is 1. The lowest BCUT2D eigenvalue weighted by atomic mass is 10.2. The van der Waals surface area contributed by atoms with Crippen LogP contribution in [-0.4, -0.2) is 22.0 Å². The summed E-state index contributed by atoms with van der Waals surface area (Å²) in [5, 5.41) is 5.99. The highest BCUT2D eigenvalue weighted by atomic mass is 35.5. The third-order valence-electron chi connectivity index (χ3n) is 3.83. The van der Waals surface area contributed by atoms with E-state index in [9.17, 15) is 9.59 Å². The van der Waals surface area contributed by atoms with Crippen LogP contribution >= 0.6 is 23.4 Å². The largest absolute Gasteiger partial charge is 0.325 e. The molecule has 28 heavy (non-hydrogen) atoms. The van der Waals surface area contributed by atoms with Crippen molar-refractivity contribution in [2.45, 2.75) is 17.1 Å². The fourth-order valence-corrected chi connectivity index (χ4v) is 3.38. The maximum Gasteiger partial charge on any atom is 0.255 e. The molecule has 0 fully saturated rings. The molecular formula is C21H18ClN3O2S. The zero-order valence-electron chi connectivity index (χ0n) is 15.1. The van der Waals surface area contributed by atoms with Gasteiger partial charge in [0, 0.05) is 39.3 Å². The van der Waals surface area contributed by atoms with Gasteiger partial charge in [-0.2, -0.15) is 0 Å². The quantitative estimate of drug-likeness (QED) is 0.553. The van der Waals surface area contributed by atoms with Crippen molar-refractivity contribution in [1.29, 1.82) is 0 Å². The summed E-state index contributed by atoms with van der Waals surface area (Å²) in [5.41, 5.74) is 1.67. The molecule has 0 aliphatic carbocycles. The summed E-state index contributed by atoms with van der Waals surface area (Å²) < 4.78 is 0. The Morgan fingerprint density at radius 1 is 0.964 bits per heavy atom. The Hall–Kier alpha value is -2.83. The Morgan fingerprint density at radius 3 is 2.39 bits per heavy atom. The fourth-order valence-electron chi connectivity index (χ4n) is 2.39. The average Bonchev–Trinajstić information content (AvgIpc) is 2.70. The molecule has 1 heterocycles. The fraction of sp³-hybridized carbons (Fsp3) is 0.0952. The van der Waals surface area contributed by atoms with Crippen LogP contribution in [0.25, 0.3) is 0 Å². The molecule has 5 nitrogen and oxygen atoms in total. The van der Waals surface area contributed by atoms with Crippen LogP contribution in [0.1, 0.15) is 17.3 Å². The molecule has 3 aromatic rings. The molecule has 0 saturated heterocycles. The minimum atomic E-state index is -0.310.